The fourth-order valence-electron chi connectivity index (χ4n) is 2.77. The van der Waals surface area contributed by atoms with Crippen molar-refractivity contribution in [2.45, 2.75) is 12.8 Å². The molecular formula is C19H17NO4. The standard InChI is InChI=1S/C19H17NO4/c1-23-16-6-5-13-3-4-14(18(21)17(13)9-16)7-12-8-15(11-20-10-12)19(22)24-2/h5-11H,3-4H2,1-2H3/b14-7+. The highest BCUT2D eigenvalue weighted by Gasteiger charge is 2.22. The third kappa shape index (κ3) is 3.06. The monoisotopic (exact) mass is 323 g/mol. The molecule has 1 aromatic carbocycles. The van der Waals surface area contributed by atoms with E-state index in [9.17, 15) is 9.59 Å². The smallest absolute Gasteiger partial charge is 0.339 e. The van der Waals surface area contributed by atoms with E-state index in [-0.39, 0.29) is 5.78 Å². The first-order valence-electron chi connectivity index (χ1n) is 7.58. The Kier molecular flexibility index (Phi) is 4.42. The van der Waals surface area contributed by atoms with Crippen LogP contribution in [0.4, 0.5) is 0 Å². The van der Waals surface area contributed by atoms with Gasteiger partial charge in [0.15, 0.2) is 5.78 Å². The van der Waals surface area contributed by atoms with Crippen molar-refractivity contribution in [2.24, 2.45) is 0 Å². The molecule has 0 amide bonds. The molecule has 0 saturated heterocycles. The van der Waals surface area contributed by atoms with E-state index in [0.717, 1.165) is 12.0 Å². The molecule has 1 aromatic heterocycles. The van der Waals surface area contributed by atoms with Crippen LogP contribution < -0.4 is 4.74 Å². The second kappa shape index (κ2) is 6.66. The number of hydrogen-bond acceptors (Lipinski definition) is 5. The number of fused-ring (bicyclic) bond motifs is 1. The van der Waals surface area contributed by atoms with Gasteiger partial charge in [0.2, 0.25) is 0 Å². The molecule has 0 spiro atoms. The van der Waals surface area contributed by atoms with Gasteiger partial charge < -0.3 is 9.47 Å². The maximum absolute atomic E-state index is 12.7. The van der Waals surface area contributed by atoms with Crippen LogP contribution >= 0.6 is 0 Å². The molecule has 0 N–H and O–H groups in total. The van der Waals surface area contributed by atoms with Crippen LogP contribution in [0.15, 0.2) is 42.2 Å². The average molecular weight is 323 g/mol. The first kappa shape index (κ1) is 15.9. The topological polar surface area (TPSA) is 65.5 Å². The fraction of sp³-hybridized carbons (Fsp3) is 0.211. The largest absolute Gasteiger partial charge is 0.497 e. The third-order valence-corrected chi connectivity index (χ3v) is 4.04. The van der Waals surface area contributed by atoms with Gasteiger partial charge in [0, 0.05) is 23.5 Å². The van der Waals surface area contributed by atoms with E-state index in [0.29, 0.717) is 34.4 Å². The number of rotatable bonds is 3. The molecule has 0 fully saturated rings. The van der Waals surface area contributed by atoms with Crippen LogP contribution in [0.5, 0.6) is 5.75 Å². The number of allylic oxidation sites excluding steroid dienone is 1. The summed E-state index contributed by atoms with van der Waals surface area (Å²) in [6.07, 6.45) is 6.29. The number of carbonyl (C=O) groups excluding carboxylic acids is 2. The van der Waals surface area contributed by atoms with E-state index < -0.39 is 5.97 Å². The van der Waals surface area contributed by atoms with Crippen LogP contribution in [-0.4, -0.2) is 31.0 Å². The van der Waals surface area contributed by atoms with E-state index >= 15 is 0 Å². The van der Waals surface area contributed by atoms with E-state index in [2.05, 4.69) is 4.98 Å². The van der Waals surface area contributed by atoms with Gasteiger partial charge in [-0.3, -0.25) is 9.78 Å². The zero-order chi connectivity index (χ0) is 17.1. The van der Waals surface area contributed by atoms with Gasteiger partial charge in [-0.05, 0) is 48.2 Å². The Bertz CT molecular complexity index is 839. The Balaban J connectivity index is 1.94. The molecule has 0 unspecified atom stereocenters. The van der Waals surface area contributed by atoms with Crippen LogP contribution in [0.25, 0.3) is 6.08 Å². The summed E-state index contributed by atoms with van der Waals surface area (Å²) in [5.74, 6) is 0.198. The summed E-state index contributed by atoms with van der Waals surface area (Å²) in [7, 11) is 2.90. The Morgan fingerprint density at radius 1 is 1.17 bits per heavy atom. The lowest BCUT2D eigenvalue weighted by Crippen LogP contribution is -2.14. The summed E-state index contributed by atoms with van der Waals surface area (Å²) in [5, 5.41) is 0. The zero-order valence-corrected chi connectivity index (χ0v) is 13.5. The summed E-state index contributed by atoms with van der Waals surface area (Å²) >= 11 is 0. The summed E-state index contributed by atoms with van der Waals surface area (Å²) in [6, 6.07) is 7.24. The number of carbonyl (C=O) groups is 2. The van der Waals surface area contributed by atoms with Crippen molar-refractivity contribution >= 4 is 17.8 Å². The van der Waals surface area contributed by atoms with Gasteiger partial charge in [-0.25, -0.2) is 4.79 Å². The van der Waals surface area contributed by atoms with Crippen molar-refractivity contribution in [3.8, 4) is 5.75 Å². The number of aryl methyl sites for hydroxylation is 1. The summed E-state index contributed by atoms with van der Waals surface area (Å²) in [5.41, 5.74) is 3.45. The lowest BCUT2D eigenvalue weighted by Gasteiger charge is -2.18. The molecule has 0 aliphatic heterocycles. The third-order valence-electron chi connectivity index (χ3n) is 4.04. The minimum absolute atomic E-state index is 0.0152. The van der Waals surface area contributed by atoms with Crippen molar-refractivity contribution in [1.29, 1.82) is 0 Å². The van der Waals surface area contributed by atoms with Crippen molar-refractivity contribution < 1.29 is 19.1 Å². The first-order valence-corrected chi connectivity index (χ1v) is 7.58. The van der Waals surface area contributed by atoms with Crippen LogP contribution in [-0.2, 0) is 11.2 Å². The van der Waals surface area contributed by atoms with Crippen LogP contribution in [0.1, 0.15) is 38.3 Å². The highest BCUT2D eigenvalue weighted by Crippen LogP contribution is 2.29. The van der Waals surface area contributed by atoms with Gasteiger partial charge in [0.05, 0.1) is 19.8 Å². The molecule has 24 heavy (non-hydrogen) atoms. The molecule has 1 heterocycles. The molecule has 0 bridgehead atoms. The number of esters is 1. The highest BCUT2D eigenvalue weighted by atomic mass is 16.5. The number of Topliss-reactive ketones (excluding diaryl/α,β-unsaturated/α-hetero) is 1. The van der Waals surface area contributed by atoms with Gasteiger partial charge in [0.1, 0.15) is 5.75 Å². The Hall–Kier alpha value is -2.95. The van der Waals surface area contributed by atoms with Gasteiger partial charge in [-0.15, -0.1) is 0 Å². The molecule has 0 radical (unpaired) electrons. The second-order valence-corrected chi connectivity index (χ2v) is 5.52. The molecule has 2 aromatic rings. The van der Waals surface area contributed by atoms with Gasteiger partial charge in [-0.2, -0.15) is 0 Å². The van der Waals surface area contributed by atoms with Crippen LogP contribution in [0.2, 0.25) is 0 Å². The normalized spacial score (nSPS) is 15.1. The number of pyridine rings is 1. The molecule has 5 heteroatoms. The van der Waals surface area contributed by atoms with Crippen molar-refractivity contribution in [1.82, 2.24) is 4.98 Å². The molecule has 122 valence electrons. The minimum atomic E-state index is -0.451. The van der Waals surface area contributed by atoms with E-state index in [1.807, 2.05) is 12.1 Å². The average Bonchev–Trinajstić information content (AvgIpc) is 2.63. The maximum atomic E-state index is 12.7. The lowest BCUT2D eigenvalue weighted by atomic mass is 9.86. The quantitative estimate of drug-likeness (QED) is 0.641. The predicted molar refractivity (Wildman–Crippen MR) is 89.2 cm³/mol. The Morgan fingerprint density at radius 3 is 2.75 bits per heavy atom. The molecule has 3 rings (SSSR count). The number of methoxy groups -OCH3 is 2. The molecular weight excluding hydrogens is 306 g/mol. The minimum Gasteiger partial charge on any atom is -0.497 e. The number of ketones is 1. The first-order chi connectivity index (χ1) is 11.6. The van der Waals surface area contributed by atoms with Gasteiger partial charge in [0.25, 0.3) is 0 Å². The van der Waals surface area contributed by atoms with Crippen molar-refractivity contribution in [2.75, 3.05) is 14.2 Å². The van der Waals surface area contributed by atoms with Gasteiger partial charge >= 0.3 is 5.97 Å². The van der Waals surface area contributed by atoms with Gasteiger partial charge in [-0.1, -0.05) is 6.07 Å². The SMILES string of the molecule is COC(=O)c1cncc(/C=C2\CCc3ccc(OC)cc3C2=O)c1. The van der Waals surface area contributed by atoms with Crippen molar-refractivity contribution in [3.63, 3.8) is 0 Å². The summed E-state index contributed by atoms with van der Waals surface area (Å²) < 4.78 is 9.90. The van der Waals surface area contributed by atoms with Crippen LogP contribution in [0.3, 0.4) is 0 Å². The number of aromatic nitrogens is 1. The van der Waals surface area contributed by atoms with E-state index in [1.54, 1.807) is 31.5 Å². The molecule has 0 saturated carbocycles. The zero-order valence-electron chi connectivity index (χ0n) is 13.5. The van der Waals surface area contributed by atoms with E-state index in [1.165, 1.54) is 13.3 Å². The van der Waals surface area contributed by atoms with E-state index in [4.69, 9.17) is 9.47 Å². The molecule has 0 atom stereocenters. The Labute approximate surface area is 139 Å². The lowest BCUT2D eigenvalue weighted by molar-refractivity contribution is 0.0600. The Morgan fingerprint density at radius 2 is 2.00 bits per heavy atom. The summed E-state index contributed by atoms with van der Waals surface area (Å²) in [4.78, 5) is 28.4. The number of benzene rings is 1. The molecule has 1 aliphatic carbocycles. The molecule has 1 aliphatic rings. The molecule has 5 nitrogen and oxygen atoms in total. The second-order valence-electron chi connectivity index (χ2n) is 5.52. The number of ether oxygens (including phenoxy) is 2. The number of hydrogen-bond donors (Lipinski definition) is 0. The van der Waals surface area contributed by atoms with Crippen LogP contribution in [0, 0.1) is 0 Å². The highest BCUT2D eigenvalue weighted by molar-refractivity contribution is 6.13. The summed E-state index contributed by atoms with van der Waals surface area (Å²) in [6.45, 7) is 0. The van der Waals surface area contributed by atoms with Crippen molar-refractivity contribution in [3.05, 3.63) is 64.5 Å². The number of nitrogens with zero attached hydrogens (tertiary/aromatic N) is 1. The maximum Gasteiger partial charge on any atom is 0.339 e. The predicted octanol–water partition coefficient (Wildman–Crippen LogP) is 3.09. The fourth-order valence-corrected chi connectivity index (χ4v) is 2.77.